The summed E-state index contributed by atoms with van der Waals surface area (Å²) in [4.78, 5) is 0. The molecule has 0 aromatic heterocycles. The van der Waals surface area contributed by atoms with Gasteiger partial charge in [0.05, 0.1) is 10.0 Å². The van der Waals surface area contributed by atoms with Crippen LogP contribution in [0.15, 0.2) is 18.2 Å². The van der Waals surface area contributed by atoms with Gasteiger partial charge in [0.1, 0.15) is 0 Å². The number of rotatable bonds is 3. The van der Waals surface area contributed by atoms with Crippen molar-refractivity contribution in [2.24, 2.45) is 0 Å². The Kier molecular flexibility index (Phi) is 4.79. The fourth-order valence-electron chi connectivity index (χ4n) is 1.03. The second kappa shape index (κ2) is 5.64. The highest BCUT2D eigenvalue weighted by Gasteiger charge is 2.03. The normalized spacial score (nSPS) is 11.1. The minimum Gasteiger partial charge on any atom is -0.399 e. The fraction of sp³-hybridized carbons (Fsp3) is 0.200. The standard InChI is InChI=1S/C10H10BrCl2N/c11-4-2-1-3-8-9(12)5-7(14)6-10(8)13/h1,3,5-6H,2,4,14H2. The Morgan fingerprint density at radius 2 is 1.86 bits per heavy atom. The zero-order valence-corrected chi connectivity index (χ0v) is 10.5. The van der Waals surface area contributed by atoms with Crippen LogP contribution >= 0.6 is 39.1 Å². The maximum absolute atomic E-state index is 5.99. The first-order valence-corrected chi connectivity index (χ1v) is 6.00. The van der Waals surface area contributed by atoms with Crippen molar-refractivity contribution >= 4 is 50.9 Å². The molecule has 0 spiro atoms. The average molecular weight is 295 g/mol. The van der Waals surface area contributed by atoms with E-state index in [9.17, 15) is 0 Å². The Bertz CT molecular complexity index is 327. The molecular formula is C10H10BrCl2N. The first-order chi connectivity index (χ1) is 6.65. The van der Waals surface area contributed by atoms with Gasteiger partial charge in [-0.25, -0.2) is 0 Å². The molecular weight excluding hydrogens is 285 g/mol. The summed E-state index contributed by atoms with van der Waals surface area (Å²) in [5, 5.41) is 2.09. The predicted octanol–water partition coefficient (Wildman–Crippen LogP) is 4.37. The average Bonchev–Trinajstić information content (AvgIpc) is 2.09. The summed E-state index contributed by atoms with van der Waals surface area (Å²) in [6, 6.07) is 3.39. The van der Waals surface area contributed by atoms with E-state index >= 15 is 0 Å². The highest BCUT2D eigenvalue weighted by molar-refractivity contribution is 9.09. The van der Waals surface area contributed by atoms with Crippen molar-refractivity contribution in [1.29, 1.82) is 0 Å². The lowest BCUT2D eigenvalue weighted by molar-refractivity contribution is 1.27. The van der Waals surface area contributed by atoms with Gasteiger partial charge in [0, 0.05) is 16.6 Å². The molecule has 0 unspecified atom stereocenters. The molecule has 1 nitrogen and oxygen atoms in total. The van der Waals surface area contributed by atoms with Crippen LogP contribution in [0.1, 0.15) is 12.0 Å². The van der Waals surface area contributed by atoms with Crippen LogP contribution in [-0.4, -0.2) is 5.33 Å². The van der Waals surface area contributed by atoms with Crippen LogP contribution in [0.3, 0.4) is 0 Å². The van der Waals surface area contributed by atoms with E-state index in [4.69, 9.17) is 28.9 Å². The molecule has 14 heavy (non-hydrogen) atoms. The van der Waals surface area contributed by atoms with Crippen LogP contribution in [0.2, 0.25) is 10.0 Å². The van der Waals surface area contributed by atoms with Crippen LogP contribution in [0.4, 0.5) is 5.69 Å². The highest BCUT2D eigenvalue weighted by Crippen LogP contribution is 2.28. The lowest BCUT2D eigenvalue weighted by Crippen LogP contribution is -1.87. The number of alkyl halides is 1. The number of halogens is 3. The largest absolute Gasteiger partial charge is 0.399 e. The van der Waals surface area contributed by atoms with Crippen LogP contribution in [0, 0.1) is 0 Å². The topological polar surface area (TPSA) is 26.0 Å². The van der Waals surface area contributed by atoms with E-state index in [-0.39, 0.29) is 0 Å². The van der Waals surface area contributed by atoms with Gasteiger partial charge < -0.3 is 5.73 Å². The van der Waals surface area contributed by atoms with Gasteiger partial charge in [0.15, 0.2) is 0 Å². The monoisotopic (exact) mass is 293 g/mol. The molecule has 76 valence electrons. The maximum Gasteiger partial charge on any atom is 0.0513 e. The van der Waals surface area contributed by atoms with Gasteiger partial charge in [0.25, 0.3) is 0 Å². The summed E-state index contributed by atoms with van der Waals surface area (Å²) in [6.07, 6.45) is 4.86. The minimum absolute atomic E-state index is 0.581. The number of benzene rings is 1. The van der Waals surface area contributed by atoms with Gasteiger partial charge >= 0.3 is 0 Å². The van der Waals surface area contributed by atoms with E-state index in [1.807, 2.05) is 12.2 Å². The van der Waals surface area contributed by atoms with Crippen LogP contribution in [0.5, 0.6) is 0 Å². The van der Waals surface area contributed by atoms with Crippen molar-refractivity contribution in [3.05, 3.63) is 33.8 Å². The first kappa shape index (κ1) is 11.9. The summed E-state index contributed by atoms with van der Waals surface area (Å²) in [6.45, 7) is 0. The zero-order chi connectivity index (χ0) is 10.6. The number of hydrogen-bond donors (Lipinski definition) is 1. The van der Waals surface area contributed by atoms with Gasteiger partial charge in [0.2, 0.25) is 0 Å². The molecule has 0 atom stereocenters. The van der Waals surface area contributed by atoms with Gasteiger partial charge in [-0.3, -0.25) is 0 Å². The van der Waals surface area contributed by atoms with E-state index in [0.717, 1.165) is 17.3 Å². The molecule has 0 aliphatic carbocycles. The predicted molar refractivity (Wildman–Crippen MR) is 68.3 cm³/mol. The van der Waals surface area contributed by atoms with Crippen LogP contribution in [-0.2, 0) is 0 Å². The van der Waals surface area contributed by atoms with Crippen molar-refractivity contribution in [1.82, 2.24) is 0 Å². The number of allylic oxidation sites excluding steroid dienone is 1. The van der Waals surface area contributed by atoms with Crippen molar-refractivity contribution in [3.8, 4) is 0 Å². The molecule has 0 heterocycles. The van der Waals surface area contributed by atoms with Crippen molar-refractivity contribution in [2.45, 2.75) is 6.42 Å². The summed E-state index contributed by atoms with van der Waals surface area (Å²) in [5.41, 5.74) is 6.99. The van der Waals surface area contributed by atoms with Gasteiger partial charge in [-0.1, -0.05) is 51.3 Å². The molecule has 0 radical (unpaired) electrons. The molecule has 0 amide bonds. The molecule has 2 N–H and O–H groups in total. The number of nitrogens with two attached hydrogens (primary N) is 1. The minimum atomic E-state index is 0.581. The second-order valence-corrected chi connectivity index (χ2v) is 4.39. The smallest absolute Gasteiger partial charge is 0.0513 e. The SMILES string of the molecule is Nc1cc(Cl)c(C=CCCBr)c(Cl)c1. The van der Waals surface area contributed by atoms with E-state index < -0.39 is 0 Å². The van der Waals surface area contributed by atoms with E-state index in [0.29, 0.717) is 15.7 Å². The molecule has 4 heteroatoms. The quantitative estimate of drug-likeness (QED) is 0.650. The highest BCUT2D eigenvalue weighted by atomic mass is 79.9. The Hall–Kier alpha value is -0.180. The lowest BCUT2D eigenvalue weighted by Gasteiger charge is -2.03. The molecule has 0 aliphatic heterocycles. The summed E-state index contributed by atoms with van der Waals surface area (Å²) in [5.74, 6) is 0. The number of anilines is 1. The van der Waals surface area contributed by atoms with Crippen LogP contribution < -0.4 is 5.73 Å². The Morgan fingerprint density at radius 1 is 1.29 bits per heavy atom. The molecule has 0 bridgehead atoms. The molecule has 0 saturated carbocycles. The van der Waals surface area contributed by atoms with E-state index in [1.165, 1.54) is 0 Å². The maximum atomic E-state index is 5.99. The molecule has 0 aliphatic rings. The molecule has 1 aromatic carbocycles. The summed E-state index contributed by atoms with van der Waals surface area (Å²) >= 11 is 15.3. The van der Waals surface area contributed by atoms with Crippen molar-refractivity contribution in [2.75, 3.05) is 11.1 Å². The third-order valence-electron chi connectivity index (χ3n) is 1.66. The van der Waals surface area contributed by atoms with Crippen molar-refractivity contribution < 1.29 is 0 Å². The van der Waals surface area contributed by atoms with Gasteiger partial charge in [-0.15, -0.1) is 0 Å². The summed E-state index contributed by atoms with van der Waals surface area (Å²) < 4.78 is 0. The number of nitrogen functional groups attached to an aromatic ring is 1. The summed E-state index contributed by atoms with van der Waals surface area (Å²) in [7, 11) is 0. The van der Waals surface area contributed by atoms with Gasteiger partial charge in [-0.05, 0) is 18.6 Å². The first-order valence-electron chi connectivity index (χ1n) is 4.12. The molecule has 0 fully saturated rings. The molecule has 1 aromatic rings. The zero-order valence-electron chi connectivity index (χ0n) is 7.43. The Balaban J connectivity index is 2.96. The Labute approximate surface area is 102 Å². The van der Waals surface area contributed by atoms with E-state index in [2.05, 4.69) is 15.9 Å². The Morgan fingerprint density at radius 3 is 2.36 bits per heavy atom. The van der Waals surface area contributed by atoms with Gasteiger partial charge in [-0.2, -0.15) is 0 Å². The third-order valence-corrected chi connectivity index (χ3v) is 2.74. The van der Waals surface area contributed by atoms with Crippen molar-refractivity contribution in [3.63, 3.8) is 0 Å². The molecule has 0 saturated heterocycles. The molecule has 1 rings (SSSR count). The fourth-order valence-corrected chi connectivity index (χ4v) is 1.92. The second-order valence-electron chi connectivity index (χ2n) is 2.78. The lowest BCUT2D eigenvalue weighted by atomic mass is 10.2. The number of hydrogen-bond acceptors (Lipinski definition) is 1. The van der Waals surface area contributed by atoms with E-state index in [1.54, 1.807) is 12.1 Å². The third kappa shape index (κ3) is 3.19. The van der Waals surface area contributed by atoms with Crippen LogP contribution in [0.25, 0.3) is 6.08 Å².